The quantitative estimate of drug-likeness (QED) is 0.813. The van der Waals surface area contributed by atoms with E-state index in [1.165, 1.54) is 29.9 Å². The molecule has 1 saturated heterocycles. The van der Waals surface area contributed by atoms with Crippen molar-refractivity contribution in [1.82, 2.24) is 9.88 Å². The van der Waals surface area contributed by atoms with E-state index in [-0.39, 0.29) is 6.03 Å². The summed E-state index contributed by atoms with van der Waals surface area (Å²) >= 11 is 1.49. The zero-order valence-electron chi connectivity index (χ0n) is 16.0. The summed E-state index contributed by atoms with van der Waals surface area (Å²) in [5.74, 6) is 0.605. The molecule has 0 radical (unpaired) electrons. The highest BCUT2D eigenvalue weighted by molar-refractivity contribution is 7.14. The zero-order valence-corrected chi connectivity index (χ0v) is 16.8. The van der Waals surface area contributed by atoms with Crippen LogP contribution < -0.4 is 15.5 Å². The Bertz CT molecular complexity index is 808. The van der Waals surface area contributed by atoms with Crippen molar-refractivity contribution in [3.8, 4) is 0 Å². The van der Waals surface area contributed by atoms with Crippen molar-refractivity contribution in [1.29, 1.82) is 0 Å². The number of likely N-dealkylation sites (N-methyl/N-ethyl adjacent to an activating group) is 1. The van der Waals surface area contributed by atoms with E-state index in [1.807, 2.05) is 18.4 Å². The summed E-state index contributed by atoms with van der Waals surface area (Å²) in [4.78, 5) is 21.7. The molecule has 144 valence electrons. The number of carbonyl (C=O) groups excluding carboxylic acids is 1. The number of urea groups is 1. The number of nitrogens with zero attached hydrogens (tertiary/aromatic N) is 3. The van der Waals surface area contributed by atoms with Gasteiger partial charge in [0.2, 0.25) is 0 Å². The smallest absolute Gasteiger partial charge is 0.325 e. The summed E-state index contributed by atoms with van der Waals surface area (Å²) in [6.45, 7) is 9.68. The van der Waals surface area contributed by atoms with Gasteiger partial charge in [0.15, 0.2) is 5.13 Å². The largest absolute Gasteiger partial charge is 0.369 e. The maximum atomic E-state index is 12.3. The molecule has 4 rings (SSSR count). The molecule has 7 heteroatoms. The van der Waals surface area contributed by atoms with Crippen LogP contribution in [0.5, 0.6) is 0 Å². The predicted octanol–water partition coefficient (Wildman–Crippen LogP) is 4.11. The van der Waals surface area contributed by atoms with Gasteiger partial charge in [0, 0.05) is 48.9 Å². The molecule has 0 bridgehead atoms. The lowest BCUT2D eigenvalue weighted by Gasteiger charge is -2.35. The number of piperazine rings is 1. The summed E-state index contributed by atoms with van der Waals surface area (Å²) in [6, 6.07) is 6.01. The monoisotopic (exact) mass is 385 g/mol. The number of rotatable bonds is 5. The van der Waals surface area contributed by atoms with Crippen molar-refractivity contribution in [3.05, 3.63) is 34.8 Å². The van der Waals surface area contributed by atoms with E-state index in [4.69, 9.17) is 0 Å². The van der Waals surface area contributed by atoms with Crippen LogP contribution in [0.15, 0.2) is 23.6 Å². The van der Waals surface area contributed by atoms with Gasteiger partial charge in [0.25, 0.3) is 0 Å². The van der Waals surface area contributed by atoms with E-state index in [1.54, 1.807) is 0 Å². The van der Waals surface area contributed by atoms with Crippen LogP contribution in [0.3, 0.4) is 0 Å². The van der Waals surface area contributed by atoms with E-state index >= 15 is 0 Å². The second-order valence-electron chi connectivity index (χ2n) is 7.35. The van der Waals surface area contributed by atoms with Crippen molar-refractivity contribution in [3.63, 3.8) is 0 Å². The molecule has 1 aliphatic carbocycles. The average molecular weight is 386 g/mol. The third kappa shape index (κ3) is 4.42. The van der Waals surface area contributed by atoms with Crippen molar-refractivity contribution in [2.45, 2.75) is 32.6 Å². The zero-order chi connectivity index (χ0) is 18.8. The first-order valence-corrected chi connectivity index (χ1v) is 10.6. The first kappa shape index (κ1) is 18.3. The fraction of sp³-hybridized carbons (Fsp3) is 0.500. The summed E-state index contributed by atoms with van der Waals surface area (Å²) in [5, 5.41) is 8.51. The molecule has 1 aromatic heterocycles. The van der Waals surface area contributed by atoms with Gasteiger partial charge in [-0.25, -0.2) is 9.78 Å². The molecule has 2 aliphatic rings. The van der Waals surface area contributed by atoms with Crippen LogP contribution in [0.4, 0.5) is 21.3 Å². The number of aromatic nitrogens is 1. The molecule has 6 nitrogen and oxygen atoms in total. The van der Waals surface area contributed by atoms with Gasteiger partial charge < -0.3 is 15.1 Å². The second-order valence-corrected chi connectivity index (χ2v) is 8.21. The highest BCUT2D eigenvalue weighted by atomic mass is 32.1. The van der Waals surface area contributed by atoms with Crippen LogP contribution in [0.1, 0.15) is 36.9 Å². The van der Waals surface area contributed by atoms with E-state index in [0.717, 1.165) is 49.7 Å². The normalized spacial score (nSPS) is 17.8. The summed E-state index contributed by atoms with van der Waals surface area (Å²) in [5.41, 5.74) is 4.24. The molecule has 2 heterocycles. The van der Waals surface area contributed by atoms with E-state index in [2.05, 4.69) is 44.5 Å². The van der Waals surface area contributed by atoms with Crippen molar-refractivity contribution >= 4 is 33.9 Å². The second kappa shape index (κ2) is 7.86. The Hall–Kier alpha value is -2.12. The van der Waals surface area contributed by atoms with Crippen LogP contribution in [-0.4, -0.2) is 48.6 Å². The van der Waals surface area contributed by atoms with Gasteiger partial charge in [0.1, 0.15) is 0 Å². The number of carbonyl (C=O) groups is 1. The topological polar surface area (TPSA) is 60.5 Å². The highest BCUT2D eigenvalue weighted by Gasteiger charge is 2.26. The Morgan fingerprint density at radius 2 is 2.00 bits per heavy atom. The molecule has 1 aliphatic heterocycles. The number of aryl methyl sites for hydroxylation is 1. The lowest BCUT2D eigenvalue weighted by Crippen LogP contribution is -2.46. The molecule has 2 amide bonds. The standard InChI is InChI=1S/C20H27N5OS/c1-3-24-8-10-25(11-9-24)16-6-7-17(14(2)12-16)21-19(26)23-20-22-18(13-27-20)15-4-5-15/h6-7,12-13,15H,3-5,8-11H2,1-2H3,(H2,21,22,23,26). The molecular weight excluding hydrogens is 358 g/mol. The minimum atomic E-state index is -0.237. The van der Waals surface area contributed by atoms with Gasteiger partial charge >= 0.3 is 6.03 Å². The molecular formula is C20H27N5OS. The fourth-order valence-electron chi connectivity index (χ4n) is 3.47. The first-order chi connectivity index (χ1) is 13.1. The maximum absolute atomic E-state index is 12.3. The number of hydrogen-bond donors (Lipinski definition) is 2. The molecule has 0 unspecified atom stereocenters. The number of thiazole rings is 1. The number of nitrogens with one attached hydrogen (secondary N) is 2. The third-order valence-corrected chi connectivity index (χ3v) is 6.16. The highest BCUT2D eigenvalue weighted by Crippen LogP contribution is 2.40. The summed E-state index contributed by atoms with van der Waals surface area (Å²) in [6.07, 6.45) is 2.43. The molecule has 1 saturated carbocycles. The first-order valence-electron chi connectivity index (χ1n) is 9.73. The molecule has 27 heavy (non-hydrogen) atoms. The molecule has 2 aromatic rings. The Labute approximate surface area is 164 Å². The Kier molecular flexibility index (Phi) is 5.31. The van der Waals surface area contributed by atoms with Crippen molar-refractivity contribution < 1.29 is 4.79 Å². The minimum Gasteiger partial charge on any atom is -0.369 e. The van der Waals surface area contributed by atoms with E-state index in [9.17, 15) is 4.79 Å². The summed E-state index contributed by atoms with van der Waals surface area (Å²) < 4.78 is 0. The van der Waals surface area contributed by atoms with Crippen molar-refractivity contribution in [2.24, 2.45) is 0 Å². The van der Waals surface area contributed by atoms with Gasteiger partial charge in [-0.3, -0.25) is 5.32 Å². The molecule has 1 aromatic carbocycles. The molecule has 0 atom stereocenters. The minimum absolute atomic E-state index is 0.237. The average Bonchev–Trinajstić information content (AvgIpc) is 3.43. The van der Waals surface area contributed by atoms with Gasteiger partial charge in [-0.05, 0) is 50.1 Å². The van der Waals surface area contributed by atoms with Crippen molar-refractivity contribution in [2.75, 3.05) is 48.3 Å². The Morgan fingerprint density at radius 1 is 1.22 bits per heavy atom. The Balaban J connectivity index is 1.35. The third-order valence-electron chi connectivity index (χ3n) is 5.38. The predicted molar refractivity (Wildman–Crippen MR) is 112 cm³/mol. The Morgan fingerprint density at radius 3 is 2.67 bits per heavy atom. The van der Waals surface area contributed by atoms with Gasteiger partial charge in [-0.1, -0.05) is 6.92 Å². The van der Waals surface area contributed by atoms with Crippen LogP contribution >= 0.6 is 11.3 Å². The van der Waals surface area contributed by atoms with E-state index in [0.29, 0.717) is 11.0 Å². The van der Waals surface area contributed by atoms with E-state index < -0.39 is 0 Å². The van der Waals surface area contributed by atoms with Gasteiger partial charge in [0.05, 0.1) is 5.69 Å². The molecule has 2 fully saturated rings. The lowest BCUT2D eigenvalue weighted by molar-refractivity contribution is 0.262. The lowest BCUT2D eigenvalue weighted by atomic mass is 10.1. The number of amides is 2. The number of benzene rings is 1. The maximum Gasteiger partial charge on any atom is 0.325 e. The molecule has 2 N–H and O–H groups in total. The van der Waals surface area contributed by atoms with Gasteiger partial charge in [-0.2, -0.15) is 0 Å². The van der Waals surface area contributed by atoms with Crippen LogP contribution in [-0.2, 0) is 0 Å². The molecule has 0 spiro atoms. The fourth-order valence-corrected chi connectivity index (χ4v) is 4.26. The number of anilines is 3. The van der Waals surface area contributed by atoms with Crippen LogP contribution in [0, 0.1) is 6.92 Å². The number of hydrogen-bond acceptors (Lipinski definition) is 5. The summed E-state index contributed by atoms with van der Waals surface area (Å²) in [7, 11) is 0. The van der Waals surface area contributed by atoms with Crippen LogP contribution in [0.2, 0.25) is 0 Å². The SMILES string of the molecule is CCN1CCN(c2ccc(NC(=O)Nc3nc(C4CC4)cs3)c(C)c2)CC1. The van der Waals surface area contributed by atoms with Crippen LogP contribution in [0.25, 0.3) is 0 Å². The van der Waals surface area contributed by atoms with Gasteiger partial charge in [-0.15, -0.1) is 11.3 Å².